The lowest BCUT2D eigenvalue weighted by atomic mass is 10.2. The molecule has 2 aromatic rings. The average molecular weight is 204 g/mol. The summed E-state index contributed by atoms with van der Waals surface area (Å²) in [6.45, 7) is 0. The van der Waals surface area contributed by atoms with Gasteiger partial charge in [-0.15, -0.1) is 11.3 Å². The first kappa shape index (κ1) is 8.45. The SMILES string of the molecule is OC1(Cc2cc3ccccc3s2)CC1. The van der Waals surface area contributed by atoms with Gasteiger partial charge in [-0.3, -0.25) is 0 Å². The molecule has 3 rings (SSSR count). The number of thiophene rings is 1. The lowest BCUT2D eigenvalue weighted by Gasteiger charge is -2.02. The number of benzene rings is 1. The Hall–Kier alpha value is -0.860. The molecule has 2 heteroatoms. The number of fused-ring (bicyclic) bond motifs is 1. The monoisotopic (exact) mass is 204 g/mol. The molecule has 14 heavy (non-hydrogen) atoms. The molecule has 0 bridgehead atoms. The molecule has 1 aromatic carbocycles. The summed E-state index contributed by atoms with van der Waals surface area (Å²) in [6.07, 6.45) is 2.79. The van der Waals surface area contributed by atoms with Crippen LogP contribution in [-0.4, -0.2) is 10.7 Å². The fraction of sp³-hybridized carbons (Fsp3) is 0.333. The van der Waals surface area contributed by atoms with Gasteiger partial charge in [0.05, 0.1) is 5.60 Å². The lowest BCUT2D eigenvalue weighted by Crippen LogP contribution is -2.08. The molecule has 1 aromatic heterocycles. The molecule has 0 radical (unpaired) electrons. The van der Waals surface area contributed by atoms with Gasteiger partial charge in [-0.25, -0.2) is 0 Å². The maximum absolute atomic E-state index is 9.81. The van der Waals surface area contributed by atoms with Crippen molar-refractivity contribution in [3.05, 3.63) is 35.2 Å². The van der Waals surface area contributed by atoms with Crippen molar-refractivity contribution in [1.29, 1.82) is 0 Å². The minimum Gasteiger partial charge on any atom is -0.390 e. The molecule has 1 fully saturated rings. The molecular formula is C12H12OS. The highest BCUT2D eigenvalue weighted by Gasteiger charge is 2.40. The van der Waals surface area contributed by atoms with Crippen LogP contribution in [0.1, 0.15) is 17.7 Å². The van der Waals surface area contributed by atoms with Crippen LogP contribution >= 0.6 is 11.3 Å². The van der Waals surface area contributed by atoms with E-state index in [1.54, 1.807) is 11.3 Å². The smallest absolute Gasteiger partial charge is 0.0698 e. The van der Waals surface area contributed by atoms with Gasteiger partial charge in [0, 0.05) is 16.0 Å². The van der Waals surface area contributed by atoms with Gasteiger partial charge in [0.1, 0.15) is 0 Å². The van der Waals surface area contributed by atoms with Gasteiger partial charge >= 0.3 is 0 Å². The van der Waals surface area contributed by atoms with E-state index in [1.165, 1.54) is 15.0 Å². The summed E-state index contributed by atoms with van der Waals surface area (Å²) in [5, 5.41) is 11.1. The summed E-state index contributed by atoms with van der Waals surface area (Å²) in [7, 11) is 0. The Morgan fingerprint density at radius 1 is 1.29 bits per heavy atom. The van der Waals surface area contributed by atoms with Gasteiger partial charge in [0.15, 0.2) is 0 Å². The third-order valence-corrected chi connectivity index (χ3v) is 3.92. The quantitative estimate of drug-likeness (QED) is 0.797. The van der Waals surface area contributed by atoms with Crippen LogP contribution in [0.2, 0.25) is 0 Å². The van der Waals surface area contributed by atoms with Gasteiger partial charge in [-0.05, 0) is 30.4 Å². The van der Waals surface area contributed by atoms with Crippen molar-refractivity contribution >= 4 is 21.4 Å². The summed E-state index contributed by atoms with van der Waals surface area (Å²) in [5.41, 5.74) is -0.360. The minimum atomic E-state index is -0.360. The van der Waals surface area contributed by atoms with Crippen molar-refractivity contribution in [1.82, 2.24) is 0 Å². The van der Waals surface area contributed by atoms with Crippen LogP contribution in [0, 0.1) is 0 Å². The molecule has 72 valence electrons. The van der Waals surface area contributed by atoms with Crippen LogP contribution in [0.25, 0.3) is 10.1 Å². The number of hydrogen-bond acceptors (Lipinski definition) is 2. The van der Waals surface area contributed by atoms with Gasteiger partial charge in [0.2, 0.25) is 0 Å². The fourth-order valence-electron chi connectivity index (χ4n) is 1.77. The van der Waals surface area contributed by atoms with Crippen LogP contribution in [0.5, 0.6) is 0 Å². The predicted octanol–water partition coefficient (Wildman–Crippen LogP) is 2.97. The van der Waals surface area contributed by atoms with E-state index in [4.69, 9.17) is 0 Å². The van der Waals surface area contributed by atoms with E-state index in [9.17, 15) is 5.11 Å². The maximum Gasteiger partial charge on any atom is 0.0698 e. The molecule has 1 heterocycles. The minimum absolute atomic E-state index is 0.360. The summed E-state index contributed by atoms with van der Waals surface area (Å²) in [5.74, 6) is 0. The summed E-state index contributed by atoms with van der Waals surface area (Å²) >= 11 is 1.80. The fourth-order valence-corrected chi connectivity index (χ4v) is 2.97. The molecule has 0 amide bonds. The Kier molecular flexibility index (Phi) is 1.70. The Morgan fingerprint density at radius 2 is 2.07 bits per heavy atom. The van der Waals surface area contributed by atoms with E-state index >= 15 is 0 Å². The second kappa shape index (κ2) is 2.81. The van der Waals surface area contributed by atoms with E-state index in [2.05, 4.69) is 30.3 Å². The van der Waals surface area contributed by atoms with Gasteiger partial charge in [-0.1, -0.05) is 18.2 Å². The third-order valence-electron chi connectivity index (χ3n) is 2.81. The topological polar surface area (TPSA) is 20.2 Å². The Morgan fingerprint density at radius 3 is 2.79 bits per heavy atom. The maximum atomic E-state index is 9.81. The van der Waals surface area contributed by atoms with Gasteiger partial charge < -0.3 is 5.11 Å². The third kappa shape index (κ3) is 1.45. The van der Waals surface area contributed by atoms with Crippen LogP contribution in [0.4, 0.5) is 0 Å². The number of aliphatic hydroxyl groups is 1. The van der Waals surface area contributed by atoms with Crippen molar-refractivity contribution < 1.29 is 5.11 Å². The highest BCUT2D eigenvalue weighted by molar-refractivity contribution is 7.19. The van der Waals surface area contributed by atoms with E-state index < -0.39 is 0 Å². The van der Waals surface area contributed by atoms with Crippen molar-refractivity contribution in [2.24, 2.45) is 0 Å². The molecule has 1 saturated carbocycles. The normalized spacial score (nSPS) is 18.6. The van der Waals surface area contributed by atoms with Crippen LogP contribution in [-0.2, 0) is 6.42 Å². The molecule has 0 aliphatic heterocycles. The van der Waals surface area contributed by atoms with Crippen LogP contribution in [0.15, 0.2) is 30.3 Å². The molecule has 0 unspecified atom stereocenters. The molecule has 1 aliphatic carbocycles. The van der Waals surface area contributed by atoms with Gasteiger partial charge in [0.25, 0.3) is 0 Å². The Balaban J connectivity index is 1.98. The van der Waals surface area contributed by atoms with E-state index in [-0.39, 0.29) is 5.60 Å². The first-order chi connectivity index (χ1) is 6.75. The van der Waals surface area contributed by atoms with Crippen LogP contribution in [0.3, 0.4) is 0 Å². The molecule has 0 spiro atoms. The van der Waals surface area contributed by atoms with Crippen LogP contribution < -0.4 is 0 Å². The standard InChI is InChI=1S/C12H12OS/c13-12(5-6-12)8-10-7-9-3-1-2-4-11(9)14-10/h1-4,7,13H,5-6,8H2. The molecule has 1 aliphatic rings. The molecule has 0 saturated heterocycles. The summed E-state index contributed by atoms with van der Waals surface area (Å²) < 4.78 is 1.33. The molecule has 0 atom stereocenters. The highest BCUT2D eigenvalue weighted by atomic mass is 32.1. The lowest BCUT2D eigenvalue weighted by molar-refractivity contribution is 0.152. The zero-order chi connectivity index (χ0) is 9.60. The van der Waals surface area contributed by atoms with E-state index in [1.807, 2.05) is 0 Å². The Labute approximate surface area is 87.0 Å². The second-order valence-corrected chi connectivity index (χ2v) is 5.32. The van der Waals surface area contributed by atoms with Crippen molar-refractivity contribution in [3.8, 4) is 0 Å². The average Bonchev–Trinajstić information content (AvgIpc) is 2.77. The molecule has 1 N–H and O–H groups in total. The summed E-state index contributed by atoms with van der Waals surface area (Å²) in [6, 6.07) is 10.6. The Bertz CT molecular complexity index is 435. The van der Waals surface area contributed by atoms with Crippen molar-refractivity contribution in [3.63, 3.8) is 0 Å². The van der Waals surface area contributed by atoms with Crippen molar-refractivity contribution in [2.75, 3.05) is 0 Å². The van der Waals surface area contributed by atoms with E-state index in [0.717, 1.165) is 19.3 Å². The largest absolute Gasteiger partial charge is 0.390 e. The van der Waals surface area contributed by atoms with Crippen molar-refractivity contribution in [2.45, 2.75) is 24.9 Å². The first-order valence-electron chi connectivity index (χ1n) is 4.95. The zero-order valence-electron chi connectivity index (χ0n) is 7.86. The van der Waals surface area contributed by atoms with E-state index in [0.29, 0.717) is 0 Å². The molecule has 1 nitrogen and oxygen atoms in total. The molecular weight excluding hydrogens is 192 g/mol. The number of rotatable bonds is 2. The van der Waals surface area contributed by atoms with Gasteiger partial charge in [-0.2, -0.15) is 0 Å². The first-order valence-corrected chi connectivity index (χ1v) is 5.77. The zero-order valence-corrected chi connectivity index (χ0v) is 8.68. The summed E-state index contributed by atoms with van der Waals surface area (Å²) in [4.78, 5) is 1.31. The highest BCUT2D eigenvalue weighted by Crippen LogP contribution is 2.40. The predicted molar refractivity (Wildman–Crippen MR) is 59.7 cm³/mol. The number of hydrogen-bond donors (Lipinski definition) is 1. The second-order valence-electron chi connectivity index (χ2n) is 4.15.